The van der Waals surface area contributed by atoms with Crippen LogP contribution in [0.3, 0.4) is 0 Å². The number of aromatic nitrogens is 2. The average Bonchev–Trinajstić information content (AvgIpc) is 2.39. The Morgan fingerprint density at radius 2 is 1.95 bits per heavy atom. The minimum absolute atomic E-state index is 0.344. The molecule has 1 heterocycles. The highest BCUT2D eigenvalue weighted by atomic mass is 16.6. The summed E-state index contributed by atoms with van der Waals surface area (Å²) in [6.45, 7) is 3.68. The van der Waals surface area contributed by atoms with E-state index in [9.17, 15) is 15.2 Å². The second-order valence-electron chi connectivity index (χ2n) is 4.35. The lowest BCUT2D eigenvalue weighted by Crippen LogP contribution is -1.99. The third-order valence-corrected chi connectivity index (χ3v) is 2.56. The zero-order valence-corrected chi connectivity index (χ0v) is 11.4. The number of aromatic hydroxyl groups is 1. The van der Waals surface area contributed by atoms with Crippen LogP contribution >= 0.6 is 0 Å². The van der Waals surface area contributed by atoms with Crippen molar-refractivity contribution >= 4 is 17.9 Å². The van der Waals surface area contributed by atoms with Gasteiger partial charge in [-0.15, -0.1) is 0 Å². The largest absolute Gasteiger partial charge is 0.502 e. The summed E-state index contributed by atoms with van der Waals surface area (Å²) in [6.07, 6.45) is 1.38. The third-order valence-electron chi connectivity index (χ3n) is 2.56. The molecule has 0 fully saturated rings. The second-order valence-corrected chi connectivity index (χ2v) is 4.35. The predicted octanol–water partition coefficient (Wildman–Crippen LogP) is 2.15. The second kappa shape index (κ2) is 5.95. The van der Waals surface area contributed by atoms with Gasteiger partial charge in [0.1, 0.15) is 0 Å². The molecule has 0 saturated carbocycles. The number of nitrogens with one attached hydrogen (secondary N) is 1. The molecule has 8 nitrogen and oxygen atoms in total. The van der Waals surface area contributed by atoms with Gasteiger partial charge in [0.05, 0.1) is 11.1 Å². The van der Waals surface area contributed by atoms with Crippen LogP contribution in [0.4, 0.5) is 11.6 Å². The molecular weight excluding hydrogens is 274 g/mol. The number of anilines is 1. The molecular formula is C13H13N5O3. The number of rotatable bonds is 4. The van der Waals surface area contributed by atoms with E-state index in [2.05, 4.69) is 20.5 Å². The van der Waals surface area contributed by atoms with E-state index in [0.717, 1.165) is 11.4 Å². The van der Waals surface area contributed by atoms with Crippen LogP contribution in [0.5, 0.6) is 5.75 Å². The Morgan fingerprint density at radius 3 is 2.57 bits per heavy atom. The van der Waals surface area contributed by atoms with Crippen molar-refractivity contribution in [3.05, 3.63) is 51.3 Å². The Morgan fingerprint density at radius 1 is 1.29 bits per heavy atom. The number of benzene rings is 1. The van der Waals surface area contributed by atoms with E-state index < -0.39 is 4.92 Å². The van der Waals surface area contributed by atoms with Crippen molar-refractivity contribution in [2.24, 2.45) is 5.10 Å². The van der Waals surface area contributed by atoms with Crippen molar-refractivity contribution in [3.63, 3.8) is 0 Å². The summed E-state index contributed by atoms with van der Waals surface area (Å²) >= 11 is 0. The summed E-state index contributed by atoms with van der Waals surface area (Å²) in [7, 11) is 0. The van der Waals surface area contributed by atoms with Gasteiger partial charge in [-0.1, -0.05) is 0 Å². The van der Waals surface area contributed by atoms with Gasteiger partial charge in [0.25, 0.3) is 0 Å². The van der Waals surface area contributed by atoms with Crippen molar-refractivity contribution in [3.8, 4) is 5.75 Å². The topological polar surface area (TPSA) is 114 Å². The van der Waals surface area contributed by atoms with Crippen LogP contribution in [0.2, 0.25) is 0 Å². The van der Waals surface area contributed by atoms with Gasteiger partial charge in [-0.25, -0.2) is 15.4 Å². The molecule has 0 radical (unpaired) electrons. The fourth-order valence-electron chi connectivity index (χ4n) is 1.71. The highest BCUT2D eigenvalue weighted by molar-refractivity contribution is 5.81. The maximum absolute atomic E-state index is 10.7. The Hall–Kier alpha value is -3.03. The van der Waals surface area contributed by atoms with Gasteiger partial charge in [0.15, 0.2) is 5.75 Å². The van der Waals surface area contributed by atoms with Crippen molar-refractivity contribution in [2.75, 3.05) is 5.43 Å². The SMILES string of the molecule is Cc1cc(C)nc(N/N=C/c2ccc(O)c([N+](=O)[O-])c2)n1. The number of hydrogen-bond donors (Lipinski definition) is 2. The van der Waals surface area contributed by atoms with Gasteiger partial charge >= 0.3 is 5.69 Å². The van der Waals surface area contributed by atoms with Gasteiger partial charge in [-0.05, 0) is 32.0 Å². The minimum atomic E-state index is -0.660. The van der Waals surface area contributed by atoms with Gasteiger partial charge in [-0.2, -0.15) is 5.10 Å². The van der Waals surface area contributed by atoms with Crippen LogP contribution in [-0.4, -0.2) is 26.2 Å². The molecule has 0 spiro atoms. The van der Waals surface area contributed by atoms with Crippen LogP contribution in [0, 0.1) is 24.0 Å². The van der Waals surface area contributed by atoms with E-state index in [-0.39, 0.29) is 11.4 Å². The average molecular weight is 287 g/mol. The van der Waals surface area contributed by atoms with E-state index in [1.165, 1.54) is 24.4 Å². The quantitative estimate of drug-likeness (QED) is 0.506. The van der Waals surface area contributed by atoms with E-state index in [1.807, 2.05) is 19.9 Å². The molecule has 108 valence electrons. The number of hydrazone groups is 1. The lowest BCUT2D eigenvalue weighted by Gasteiger charge is -2.01. The maximum Gasteiger partial charge on any atom is 0.311 e. The molecule has 0 aliphatic carbocycles. The Kier molecular flexibility index (Phi) is 4.07. The summed E-state index contributed by atoms with van der Waals surface area (Å²) in [5.41, 5.74) is 4.36. The highest BCUT2D eigenvalue weighted by Crippen LogP contribution is 2.25. The van der Waals surface area contributed by atoms with Gasteiger partial charge in [0, 0.05) is 23.0 Å². The van der Waals surface area contributed by atoms with E-state index >= 15 is 0 Å². The lowest BCUT2D eigenvalue weighted by atomic mass is 10.2. The van der Waals surface area contributed by atoms with Crippen molar-refractivity contribution in [1.82, 2.24) is 9.97 Å². The molecule has 0 saturated heterocycles. The molecule has 0 aliphatic rings. The Labute approximate surface area is 120 Å². The van der Waals surface area contributed by atoms with Crippen molar-refractivity contribution < 1.29 is 10.0 Å². The molecule has 0 amide bonds. The van der Waals surface area contributed by atoms with E-state index in [1.54, 1.807) is 0 Å². The van der Waals surface area contributed by atoms with Crippen LogP contribution in [-0.2, 0) is 0 Å². The Bertz CT molecular complexity index is 695. The highest BCUT2D eigenvalue weighted by Gasteiger charge is 2.12. The first-order valence-corrected chi connectivity index (χ1v) is 6.04. The zero-order valence-electron chi connectivity index (χ0n) is 11.4. The number of phenolic OH excluding ortho intramolecular Hbond substituents is 1. The fourth-order valence-corrected chi connectivity index (χ4v) is 1.71. The van der Waals surface area contributed by atoms with Crippen molar-refractivity contribution in [2.45, 2.75) is 13.8 Å². The lowest BCUT2D eigenvalue weighted by molar-refractivity contribution is -0.385. The van der Waals surface area contributed by atoms with Gasteiger partial charge < -0.3 is 5.11 Å². The number of hydrogen-bond acceptors (Lipinski definition) is 7. The molecule has 2 rings (SSSR count). The number of nitro groups is 1. The molecule has 2 N–H and O–H groups in total. The number of nitro benzene ring substituents is 1. The number of phenols is 1. The summed E-state index contributed by atoms with van der Waals surface area (Å²) < 4.78 is 0. The molecule has 21 heavy (non-hydrogen) atoms. The van der Waals surface area contributed by atoms with Crippen LogP contribution < -0.4 is 5.43 Å². The maximum atomic E-state index is 10.7. The van der Waals surface area contributed by atoms with E-state index in [4.69, 9.17) is 0 Å². The monoisotopic (exact) mass is 287 g/mol. The fraction of sp³-hybridized carbons (Fsp3) is 0.154. The van der Waals surface area contributed by atoms with Crippen LogP contribution in [0.1, 0.15) is 17.0 Å². The first-order chi connectivity index (χ1) is 9.95. The third kappa shape index (κ3) is 3.72. The molecule has 1 aromatic heterocycles. The first-order valence-electron chi connectivity index (χ1n) is 6.04. The minimum Gasteiger partial charge on any atom is -0.502 e. The Balaban J connectivity index is 2.14. The number of nitrogens with zero attached hydrogens (tertiary/aromatic N) is 4. The summed E-state index contributed by atoms with van der Waals surface area (Å²) in [4.78, 5) is 18.3. The zero-order chi connectivity index (χ0) is 15.4. The summed E-state index contributed by atoms with van der Waals surface area (Å²) in [5.74, 6) is -0.0419. The molecule has 0 atom stereocenters. The van der Waals surface area contributed by atoms with Gasteiger partial charge in [-0.3, -0.25) is 10.1 Å². The molecule has 2 aromatic rings. The summed E-state index contributed by atoms with van der Waals surface area (Å²) in [6, 6.07) is 5.81. The van der Waals surface area contributed by atoms with Crippen LogP contribution in [0.15, 0.2) is 29.4 Å². The van der Waals surface area contributed by atoms with Gasteiger partial charge in [0.2, 0.25) is 5.95 Å². The first kappa shape index (κ1) is 14.4. The molecule has 1 aromatic carbocycles. The molecule has 0 unspecified atom stereocenters. The smallest absolute Gasteiger partial charge is 0.311 e. The van der Waals surface area contributed by atoms with Crippen LogP contribution in [0.25, 0.3) is 0 Å². The summed E-state index contributed by atoms with van der Waals surface area (Å²) in [5, 5.41) is 24.0. The predicted molar refractivity (Wildman–Crippen MR) is 77.5 cm³/mol. The van der Waals surface area contributed by atoms with E-state index in [0.29, 0.717) is 11.5 Å². The van der Waals surface area contributed by atoms with Crippen molar-refractivity contribution in [1.29, 1.82) is 0 Å². The number of aryl methyl sites for hydroxylation is 2. The molecule has 8 heteroatoms. The molecule has 0 bridgehead atoms. The standard InChI is InChI=1S/C13H13N5O3/c1-8-5-9(2)16-13(15-8)17-14-7-10-3-4-12(19)11(6-10)18(20)21/h3-7,19H,1-2H3,(H,15,16,17)/b14-7+. The normalized spacial score (nSPS) is 10.8. The molecule has 0 aliphatic heterocycles.